The number of carboxylic acid groups (broad SMARTS) is 1. The van der Waals surface area contributed by atoms with Gasteiger partial charge in [-0.15, -0.1) is 6.58 Å². The third-order valence-electron chi connectivity index (χ3n) is 1.19. The first-order chi connectivity index (χ1) is 5.16. The van der Waals surface area contributed by atoms with Crippen LogP contribution in [0.3, 0.4) is 0 Å². The van der Waals surface area contributed by atoms with Gasteiger partial charge in [-0.3, -0.25) is 0 Å². The summed E-state index contributed by atoms with van der Waals surface area (Å²) in [6.07, 6.45) is 1.21. The molecule has 0 saturated heterocycles. The Labute approximate surface area is 65.5 Å². The fraction of sp³-hybridized carbons (Fsp3) is 0.571. The molecule has 0 rings (SSSR count). The molecule has 1 atom stereocenters. The molecule has 0 aromatic rings. The number of allylic oxidation sites excluding steroid dienone is 1. The molecule has 1 unspecified atom stereocenters. The highest BCUT2D eigenvalue weighted by Gasteiger charge is 2.03. The van der Waals surface area contributed by atoms with Gasteiger partial charge in [0.05, 0.1) is 6.10 Å². The van der Waals surface area contributed by atoms with Gasteiger partial charge in [-0.2, -0.15) is 0 Å². The Morgan fingerprint density at radius 1 is 1.73 bits per heavy atom. The van der Waals surface area contributed by atoms with E-state index in [0.29, 0.717) is 12.8 Å². The standard InChI is InChI=1S/C7H13NO3/c1-2-3-4-6(9)5-8-7(10)11/h2,6,8-9H,1,3-5H2,(H,10,11). The number of carbonyl (C=O) groups is 1. The van der Waals surface area contributed by atoms with E-state index in [-0.39, 0.29) is 6.54 Å². The fourth-order valence-electron chi connectivity index (χ4n) is 0.617. The minimum Gasteiger partial charge on any atom is -0.465 e. The van der Waals surface area contributed by atoms with Gasteiger partial charge in [0.2, 0.25) is 0 Å². The molecule has 0 saturated carbocycles. The summed E-state index contributed by atoms with van der Waals surface area (Å²) < 4.78 is 0. The van der Waals surface area contributed by atoms with Gasteiger partial charge in [0.15, 0.2) is 0 Å². The van der Waals surface area contributed by atoms with E-state index in [1.165, 1.54) is 0 Å². The Kier molecular flexibility index (Phi) is 5.20. The van der Waals surface area contributed by atoms with Crippen LogP contribution in [0.25, 0.3) is 0 Å². The molecule has 0 heterocycles. The lowest BCUT2D eigenvalue weighted by atomic mass is 10.2. The summed E-state index contributed by atoms with van der Waals surface area (Å²) >= 11 is 0. The van der Waals surface area contributed by atoms with Gasteiger partial charge >= 0.3 is 6.09 Å². The molecule has 0 radical (unpaired) electrons. The molecular weight excluding hydrogens is 146 g/mol. The van der Waals surface area contributed by atoms with E-state index < -0.39 is 12.2 Å². The van der Waals surface area contributed by atoms with E-state index >= 15 is 0 Å². The number of amides is 1. The molecule has 0 bridgehead atoms. The summed E-state index contributed by atoms with van der Waals surface area (Å²) in [6.45, 7) is 3.57. The van der Waals surface area contributed by atoms with Crippen molar-refractivity contribution in [2.45, 2.75) is 18.9 Å². The van der Waals surface area contributed by atoms with Crippen LogP contribution < -0.4 is 5.32 Å². The molecule has 11 heavy (non-hydrogen) atoms. The molecule has 0 aliphatic heterocycles. The van der Waals surface area contributed by atoms with Crippen molar-refractivity contribution < 1.29 is 15.0 Å². The smallest absolute Gasteiger partial charge is 0.404 e. The normalized spacial score (nSPS) is 12.1. The summed E-state index contributed by atoms with van der Waals surface area (Å²) in [6, 6.07) is 0. The molecular formula is C7H13NO3. The largest absolute Gasteiger partial charge is 0.465 e. The summed E-state index contributed by atoms with van der Waals surface area (Å²) in [5.41, 5.74) is 0. The first-order valence-corrected chi connectivity index (χ1v) is 3.42. The predicted octanol–water partition coefficient (Wildman–Crippen LogP) is 0.581. The monoisotopic (exact) mass is 159 g/mol. The third-order valence-corrected chi connectivity index (χ3v) is 1.19. The molecule has 4 nitrogen and oxygen atoms in total. The highest BCUT2D eigenvalue weighted by Crippen LogP contribution is 1.95. The van der Waals surface area contributed by atoms with Crippen LogP contribution in [-0.4, -0.2) is 29.0 Å². The average Bonchev–Trinajstić information content (AvgIpc) is 1.97. The second-order valence-electron chi connectivity index (χ2n) is 2.21. The average molecular weight is 159 g/mol. The molecule has 0 fully saturated rings. The van der Waals surface area contributed by atoms with Gasteiger partial charge in [0.1, 0.15) is 0 Å². The summed E-state index contributed by atoms with van der Waals surface area (Å²) in [5.74, 6) is 0. The van der Waals surface area contributed by atoms with Gasteiger partial charge in [0.25, 0.3) is 0 Å². The highest BCUT2D eigenvalue weighted by molar-refractivity contribution is 5.64. The predicted molar refractivity (Wildman–Crippen MR) is 41.5 cm³/mol. The lowest BCUT2D eigenvalue weighted by Crippen LogP contribution is -2.30. The fourth-order valence-corrected chi connectivity index (χ4v) is 0.617. The van der Waals surface area contributed by atoms with E-state index in [4.69, 9.17) is 10.2 Å². The molecule has 4 heteroatoms. The molecule has 0 aromatic carbocycles. The van der Waals surface area contributed by atoms with Crippen molar-refractivity contribution in [2.75, 3.05) is 6.54 Å². The number of aliphatic hydroxyl groups excluding tert-OH is 1. The zero-order valence-electron chi connectivity index (χ0n) is 6.29. The first-order valence-electron chi connectivity index (χ1n) is 3.42. The van der Waals surface area contributed by atoms with Crippen LogP contribution in [0.4, 0.5) is 4.79 Å². The van der Waals surface area contributed by atoms with Crippen molar-refractivity contribution in [1.29, 1.82) is 0 Å². The van der Waals surface area contributed by atoms with E-state index in [2.05, 4.69) is 11.9 Å². The summed E-state index contributed by atoms with van der Waals surface area (Å²) in [7, 11) is 0. The van der Waals surface area contributed by atoms with Gasteiger partial charge in [0, 0.05) is 6.54 Å². The second kappa shape index (κ2) is 5.73. The zero-order valence-corrected chi connectivity index (χ0v) is 6.29. The lowest BCUT2D eigenvalue weighted by molar-refractivity contribution is 0.151. The van der Waals surface area contributed by atoms with Crippen molar-refractivity contribution in [1.82, 2.24) is 5.32 Å². The number of hydrogen-bond acceptors (Lipinski definition) is 2. The summed E-state index contributed by atoms with van der Waals surface area (Å²) in [4.78, 5) is 9.94. The number of rotatable bonds is 5. The van der Waals surface area contributed by atoms with Gasteiger partial charge < -0.3 is 15.5 Å². The number of aliphatic hydroxyl groups is 1. The maximum atomic E-state index is 9.94. The van der Waals surface area contributed by atoms with Crippen molar-refractivity contribution in [3.05, 3.63) is 12.7 Å². The molecule has 0 aromatic heterocycles. The molecule has 0 aliphatic carbocycles. The van der Waals surface area contributed by atoms with Gasteiger partial charge in [-0.1, -0.05) is 6.08 Å². The van der Waals surface area contributed by atoms with Crippen LogP contribution in [0.2, 0.25) is 0 Å². The minimum absolute atomic E-state index is 0.0865. The number of hydrogen-bond donors (Lipinski definition) is 3. The Morgan fingerprint density at radius 3 is 2.82 bits per heavy atom. The molecule has 1 amide bonds. The quantitative estimate of drug-likeness (QED) is 0.514. The number of nitrogens with one attached hydrogen (secondary N) is 1. The zero-order chi connectivity index (χ0) is 8.69. The topological polar surface area (TPSA) is 69.6 Å². The Bertz CT molecular complexity index is 136. The molecule has 64 valence electrons. The van der Waals surface area contributed by atoms with Crippen LogP contribution in [0.5, 0.6) is 0 Å². The van der Waals surface area contributed by atoms with Crippen molar-refractivity contribution >= 4 is 6.09 Å². The highest BCUT2D eigenvalue weighted by atomic mass is 16.4. The first kappa shape index (κ1) is 9.97. The molecule has 0 aliphatic rings. The minimum atomic E-state index is -1.11. The lowest BCUT2D eigenvalue weighted by Gasteiger charge is -2.07. The van der Waals surface area contributed by atoms with Crippen molar-refractivity contribution in [2.24, 2.45) is 0 Å². The van der Waals surface area contributed by atoms with Crippen molar-refractivity contribution in [3.8, 4) is 0 Å². The van der Waals surface area contributed by atoms with Crippen LogP contribution >= 0.6 is 0 Å². The van der Waals surface area contributed by atoms with E-state index in [1.807, 2.05) is 0 Å². The summed E-state index contributed by atoms with van der Waals surface area (Å²) in [5, 5.41) is 19.3. The van der Waals surface area contributed by atoms with Crippen LogP contribution in [-0.2, 0) is 0 Å². The van der Waals surface area contributed by atoms with E-state index in [9.17, 15) is 4.79 Å². The third kappa shape index (κ3) is 6.86. The van der Waals surface area contributed by atoms with Crippen LogP contribution in [0, 0.1) is 0 Å². The molecule has 0 spiro atoms. The maximum Gasteiger partial charge on any atom is 0.404 e. The van der Waals surface area contributed by atoms with Crippen molar-refractivity contribution in [3.63, 3.8) is 0 Å². The van der Waals surface area contributed by atoms with Crippen LogP contribution in [0.1, 0.15) is 12.8 Å². The van der Waals surface area contributed by atoms with Crippen LogP contribution in [0.15, 0.2) is 12.7 Å². The van der Waals surface area contributed by atoms with E-state index in [1.54, 1.807) is 6.08 Å². The Morgan fingerprint density at radius 2 is 2.36 bits per heavy atom. The Hall–Kier alpha value is -1.03. The SMILES string of the molecule is C=CCCC(O)CNC(=O)O. The van der Waals surface area contributed by atoms with E-state index in [0.717, 1.165) is 0 Å². The Balaban J connectivity index is 3.28. The maximum absolute atomic E-state index is 9.94. The van der Waals surface area contributed by atoms with Gasteiger partial charge in [-0.25, -0.2) is 4.79 Å². The molecule has 3 N–H and O–H groups in total. The second-order valence-corrected chi connectivity index (χ2v) is 2.21. The van der Waals surface area contributed by atoms with Gasteiger partial charge in [-0.05, 0) is 12.8 Å².